The molecule has 1 heterocycles. The lowest BCUT2D eigenvalue weighted by Crippen LogP contribution is -1.91. The lowest BCUT2D eigenvalue weighted by atomic mass is 9.85. The smallest absolute Gasteiger partial charge is 0.0346 e. The second kappa shape index (κ2) is 9.46. The number of nitrogens with zero attached hydrogens (tertiary/aromatic N) is 1. The van der Waals surface area contributed by atoms with Crippen molar-refractivity contribution < 1.29 is 0 Å². The third-order valence-corrected chi connectivity index (χ3v) is 7.38. The summed E-state index contributed by atoms with van der Waals surface area (Å²) in [5.41, 5.74) is 9.78. The number of hydrogen-bond acceptors (Lipinski definition) is 1. The third-order valence-electron chi connectivity index (χ3n) is 7.38. The first kappa shape index (κ1) is 22.2. The molecule has 0 aliphatic rings. The topological polar surface area (TPSA) is 12.9 Å². The number of benzene rings is 6. The average molecular weight is 484 g/mol. The standard InChI is InChI=1S/C37H25N/c1-2-9-26(10-3-1)27-16-20-29(21-17-27)36-32-12-4-6-14-34(32)37(35-15-7-5-13-33(35)36)30-22-18-28(19-23-30)31-11-8-24-38-25-31/h1-25H. The predicted molar refractivity (Wildman–Crippen MR) is 161 cm³/mol. The molecule has 0 spiro atoms. The monoisotopic (exact) mass is 483 g/mol. The molecule has 1 nitrogen and oxygen atoms in total. The maximum atomic E-state index is 4.28. The Kier molecular flexibility index (Phi) is 5.53. The summed E-state index contributed by atoms with van der Waals surface area (Å²) in [5, 5.41) is 5.07. The van der Waals surface area contributed by atoms with Gasteiger partial charge < -0.3 is 0 Å². The van der Waals surface area contributed by atoms with Crippen molar-refractivity contribution in [3.05, 3.63) is 152 Å². The van der Waals surface area contributed by atoms with Crippen LogP contribution in [0, 0.1) is 0 Å². The largest absolute Gasteiger partial charge is 0.264 e. The first-order valence-corrected chi connectivity index (χ1v) is 13.0. The minimum Gasteiger partial charge on any atom is -0.264 e. The van der Waals surface area contributed by atoms with Crippen molar-refractivity contribution in [2.24, 2.45) is 0 Å². The second-order valence-electron chi connectivity index (χ2n) is 9.60. The van der Waals surface area contributed by atoms with E-state index in [-0.39, 0.29) is 0 Å². The SMILES string of the molecule is c1ccc(-c2ccc(-c3c4ccccc4c(-c4ccc(-c5cccnc5)cc4)c4ccccc34)cc2)cc1. The van der Waals surface area contributed by atoms with E-state index < -0.39 is 0 Å². The van der Waals surface area contributed by atoms with Crippen LogP contribution in [0.1, 0.15) is 0 Å². The van der Waals surface area contributed by atoms with Crippen molar-refractivity contribution >= 4 is 21.5 Å². The first-order chi connectivity index (χ1) is 18.9. The molecule has 0 bridgehead atoms. The van der Waals surface area contributed by atoms with Crippen LogP contribution in [0.5, 0.6) is 0 Å². The van der Waals surface area contributed by atoms with Gasteiger partial charge in [-0.05, 0) is 72.1 Å². The molecule has 0 aliphatic heterocycles. The fourth-order valence-electron chi connectivity index (χ4n) is 5.57. The molecule has 0 N–H and O–H groups in total. The van der Waals surface area contributed by atoms with Gasteiger partial charge in [0.15, 0.2) is 0 Å². The molecular formula is C37H25N. The van der Waals surface area contributed by atoms with Gasteiger partial charge in [0, 0.05) is 12.4 Å². The van der Waals surface area contributed by atoms with Crippen molar-refractivity contribution in [2.75, 3.05) is 0 Å². The average Bonchev–Trinajstić information content (AvgIpc) is 3.01. The van der Waals surface area contributed by atoms with Gasteiger partial charge in [-0.25, -0.2) is 0 Å². The van der Waals surface area contributed by atoms with Crippen molar-refractivity contribution in [3.8, 4) is 44.5 Å². The fourth-order valence-corrected chi connectivity index (χ4v) is 5.57. The van der Waals surface area contributed by atoms with Crippen molar-refractivity contribution in [1.82, 2.24) is 4.98 Å². The Morgan fingerprint density at radius 1 is 0.289 bits per heavy atom. The van der Waals surface area contributed by atoms with Crippen LogP contribution < -0.4 is 0 Å². The summed E-state index contributed by atoms with van der Waals surface area (Å²) in [5.74, 6) is 0. The molecule has 7 aromatic rings. The van der Waals surface area contributed by atoms with Gasteiger partial charge in [-0.3, -0.25) is 4.98 Å². The molecular weight excluding hydrogens is 458 g/mol. The van der Waals surface area contributed by atoms with Gasteiger partial charge in [0.25, 0.3) is 0 Å². The fraction of sp³-hybridized carbons (Fsp3) is 0. The Bertz CT molecular complexity index is 1670. The highest BCUT2D eigenvalue weighted by molar-refractivity contribution is 6.21. The highest BCUT2D eigenvalue weighted by atomic mass is 14.6. The Labute approximate surface area is 222 Å². The van der Waals surface area contributed by atoms with Gasteiger partial charge in [0.1, 0.15) is 0 Å². The summed E-state index contributed by atoms with van der Waals surface area (Å²) in [7, 11) is 0. The highest BCUT2D eigenvalue weighted by Crippen LogP contribution is 2.44. The highest BCUT2D eigenvalue weighted by Gasteiger charge is 2.16. The Hall–Kier alpha value is -5.01. The zero-order valence-corrected chi connectivity index (χ0v) is 20.9. The van der Waals surface area contributed by atoms with Crippen LogP contribution in [-0.4, -0.2) is 4.98 Å². The van der Waals surface area contributed by atoms with E-state index >= 15 is 0 Å². The van der Waals surface area contributed by atoms with Gasteiger partial charge in [-0.15, -0.1) is 0 Å². The van der Waals surface area contributed by atoms with E-state index in [0.29, 0.717) is 0 Å². The number of rotatable bonds is 4. The molecule has 38 heavy (non-hydrogen) atoms. The van der Waals surface area contributed by atoms with E-state index in [1.165, 1.54) is 60.5 Å². The van der Waals surface area contributed by atoms with Gasteiger partial charge >= 0.3 is 0 Å². The third kappa shape index (κ3) is 3.86. The predicted octanol–water partition coefficient (Wildman–Crippen LogP) is 10.1. The van der Waals surface area contributed by atoms with E-state index in [1.54, 1.807) is 0 Å². The molecule has 178 valence electrons. The van der Waals surface area contributed by atoms with E-state index in [0.717, 1.165) is 5.56 Å². The van der Waals surface area contributed by atoms with Gasteiger partial charge in [-0.1, -0.05) is 133 Å². The Morgan fingerprint density at radius 2 is 0.658 bits per heavy atom. The lowest BCUT2D eigenvalue weighted by molar-refractivity contribution is 1.33. The zero-order valence-electron chi connectivity index (χ0n) is 20.9. The zero-order chi connectivity index (χ0) is 25.3. The van der Waals surface area contributed by atoms with Crippen LogP contribution >= 0.6 is 0 Å². The quantitative estimate of drug-likeness (QED) is 0.227. The molecule has 1 aromatic heterocycles. The minimum atomic E-state index is 1.13. The van der Waals surface area contributed by atoms with Gasteiger partial charge in [0.05, 0.1) is 0 Å². The maximum absolute atomic E-state index is 4.28. The summed E-state index contributed by atoms with van der Waals surface area (Å²) in [6, 6.07) is 50.1. The lowest BCUT2D eigenvalue weighted by Gasteiger charge is -2.18. The Morgan fingerprint density at radius 3 is 1.11 bits per heavy atom. The van der Waals surface area contributed by atoms with E-state index in [4.69, 9.17) is 0 Å². The van der Waals surface area contributed by atoms with Crippen molar-refractivity contribution in [1.29, 1.82) is 0 Å². The van der Waals surface area contributed by atoms with Crippen LogP contribution in [0.15, 0.2) is 152 Å². The molecule has 6 aromatic carbocycles. The minimum absolute atomic E-state index is 1.13. The van der Waals surface area contributed by atoms with Crippen molar-refractivity contribution in [3.63, 3.8) is 0 Å². The maximum Gasteiger partial charge on any atom is 0.0346 e. The van der Waals surface area contributed by atoms with Crippen LogP contribution in [-0.2, 0) is 0 Å². The number of hydrogen-bond donors (Lipinski definition) is 0. The van der Waals surface area contributed by atoms with Crippen LogP contribution in [0.3, 0.4) is 0 Å². The first-order valence-electron chi connectivity index (χ1n) is 13.0. The van der Waals surface area contributed by atoms with E-state index in [1.807, 2.05) is 18.5 Å². The molecule has 0 saturated carbocycles. The molecule has 0 saturated heterocycles. The number of aromatic nitrogens is 1. The number of fused-ring (bicyclic) bond motifs is 2. The van der Waals surface area contributed by atoms with Gasteiger partial charge in [-0.2, -0.15) is 0 Å². The molecule has 0 unspecified atom stereocenters. The molecule has 0 amide bonds. The summed E-state index contributed by atoms with van der Waals surface area (Å²) < 4.78 is 0. The Balaban J connectivity index is 1.43. The summed E-state index contributed by atoms with van der Waals surface area (Å²) in [4.78, 5) is 4.28. The molecule has 0 atom stereocenters. The summed E-state index contributed by atoms with van der Waals surface area (Å²) in [6.07, 6.45) is 3.73. The van der Waals surface area contributed by atoms with E-state index in [9.17, 15) is 0 Å². The van der Waals surface area contributed by atoms with Crippen LogP contribution in [0.4, 0.5) is 0 Å². The van der Waals surface area contributed by atoms with E-state index in [2.05, 4.69) is 138 Å². The normalized spacial score (nSPS) is 11.2. The number of pyridine rings is 1. The molecule has 7 rings (SSSR count). The molecule has 1 heteroatoms. The molecule has 0 aliphatic carbocycles. The van der Waals surface area contributed by atoms with Crippen LogP contribution in [0.2, 0.25) is 0 Å². The van der Waals surface area contributed by atoms with Crippen molar-refractivity contribution in [2.45, 2.75) is 0 Å². The molecule has 0 radical (unpaired) electrons. The summed E-state index contributed by atoms with van der Waals surface area (Å²) >= 11 is 0. The van der Waals surface area contributed by atoms with Gasteiger partial charge in [0.2, 0.25) is 0 Å². The second-order valence-corrected chi connectivity index (χ2v) is 9.60. The molecule has 0 fully saturated rings. The van der Waals surface area contributed by atoms with Crippen LogP contribution in [0.25, 0.3) is 66.1 Å². The summed E-state index contributed by atoms with van der Waals surface area (Å²) in [6.45, 7) is 0.